The molecule has 0 saturated heterocycles. The van der Waals surface area contributed by atoms with Crippen molar-refractivity contribution in [1.29, 1.82) is 0 Å². The molecule has 0 aliphatic heterocycles. The Morgan fingerprint density at radius 1 is 1.11 bits per heavy atom. The Bertz CT molecular complexity index is 488. The van der Waals surface area contributed by atoms with Crippen LogP contribution >= 0.6 is 23.8 Å². The fourth-order valence-corrected chi connectivity index (χ4v) is 1.70. The number of rotatable bonds is 2. The molecule has 2 rings (SSSR count). The van der Waals surface area contributed by atoms with E-state index in [2.05, 4.69) is 15.6 Å². The highest BCUT2D eigenvalue weighted by Crippen LogP contribution is 2.13. The topological polar surface area (TPSA) is 37.0 Å². The Hall–Kier alpha value is -1.65. The zero-order valence-corrected chi connectivity index (χ0v) is 11.3. The van der Waals surface area contributed by atoms with E-state index < -0.39 is 0 Å². The summed E-state index contributed by atoms with van der Waals surface area (Å²) in [7, 11) is 0. The van der Waals surface area contributed by atoms with Crippen LogP contribution in [0.15, 0.2) is 42.6 Å². The Balaban J connectivity index is 1.96. The van der Waals surface area contributed by atoms with Gasteiger partial charge in [-0.2, -0.15) is 0 Å². The van der Waals surface area contributed by atoms with E-state index in [0.717, 1.165) is 11.3 Å². The molecule has 0 atom stereocenters. The summed E-state index contributed by atoms with van der Waals surface area (Å²) < 4.78 is 0. The predicted molar refractivity (Wildman–Crippen MR) is 80.3 cm³/mol. The third kappa shape index (κ3) is 3.68. The highest BCUT2D eigenvalue weighted by Gasteiger charge is 1.99. The molecule has 1 aromatic heterocycles. The smallest absolute Gasteiger partial charge is 0.176 e. The minimum absolute atomic E-state index is 0.494. The number of nitrogens with zero attached hydrogens (tertiary/aromatic N) is 1. The molecule has 0 bridgehead atoms. The maximum absolute atomic E-state index is 5.81. The second-order valence-corrected chi connectivity index (χ2v) is 4.65. The molecule has 0 unspecified atom stereocenters. The van der Waals surface area contributed by atoms with Gasteiger partial charge in [0.1, 0.15) is 5.82 Å². The summed E-state index contributed by atoms with van der Waals surface area (Å²) in [6.45, 7) is 1.99. The lowest BCUT2D eigenvalue weighted by atomic mass is 10.3. The van der Waals surface area contributed by atoms with Crippen LogP contribution in [0.25, 0.3) is 0 Å². The Morgan fingerprint density at radius 2 is 1.83 bits per heavy atom. The number of benzene rings is 1. The van der Waals surface area contributed by atoms with Crippen LogP contribution in [0.5, 0.6) is 0 Å². The average molecular weight is 278 g/mol. The van der Waals surface area contributed by atoms with Gasteiger partial charge in [0.05, 0.1) is 0 Å². The monoisotopic (exact) mass is 277 g/mol. The number of halogens is 1. The van der Waals surface area contributed by atoms with E-state index in [1.807, 2.05) is 31.2 Å². The van der Waals surface area contributed by atoms with Crippen molar-refractivity contribution in [3.63, 3.8) is 0 Å². The van der Waals surface area contributed by atoms with E-state index in [9.17, 15) is 0 Å². The molecule has 0 fully saturated rings. The summed E-state index contributed by atoms with van der Waals surface area (Å²) in [5, 5.41) is 7.25. The van der Waals surface area contributed by atoms with E-state index in [0.29, 0.717) is 16.0 Å². The van der Waals surface area contributed by atoms with Crippen LogP contribution in [-0.4, -0.2) is 10.1 Å². The summed E-state index contributed by atoms with van der Waals surface area (Å²) in [6, 6.07) is 11.2. The first-order valence-electron chi connectivity index (χ1n) is 5.40. The molecule has 0 spiro atoms. The lowest BCUT2D eigenvalue weighted by Gasteiger charge is -2.09. The normalized spacial score (nSPS) is 9.89. The second kappa shape index (κ2) is 5.80. The molecule has 18 heavy (non-hydrogen) atoms. The molecular weight excluding hydrogens is 266 g/mol. The summed E-state index contributed by atoms with van der Waals surface area (Å²) in [6.07, 6.45) is 1.78. The van der Waals surface area contributed by atoms with Crippen molar-refractivity contribution in [3.8, 4) is 0 Å². The van der Waals surface area contributed by atoms with Crippen molar-refractivity contribution < 1.29 is 0 Å². The van der Waals surface area contributed by atoms with Crippen LogP contribution in [-0.2, 0) is 0 Å². The summed E-state index contributed by atoms with van der Waals surface area (Å²) in [5.74, 6) is 0.715. The second-order valence-electron chi connectivity index (χ2n) is 3.81. The maximum atomic E-state index is 5.81. The SMILES string of the molecule is Cc1ccc(NC(=S)Nc2ccc(Cl)cc2)nc1. The van der Waals surface area contributed by atoms with Gasteiger partial charge in [0.2, 0.25) is 0 Å². The third-order valence-electron chi connectivity index (χ3n) is 2.26. The van der Waals surface area contributed by atoms with E-state index >= 15 is 0 Å². The highest BCUT2D eigenvalue weighted by molar-refractivity contribution is 7.80. The van der Waals surface area contributed by atoms with Crippen molar-refractivity contribution in [3.05, 3.63) is 53.2 Å². The van der Waals surface area contributed by atoms with Gasteiger partial charge in [-0.15, -0.1) is 0 Å². The molecule has 5 heteroatoms. The fourth-order valence-electron chi connectivity index (χ4n) is 1.35. The average Bonchev–Trinajstić information content (AvgIpc) is 2.35. The van der Waals surface area contributed by atoms with E-state index in [1.54, 1.807) is 18.3 Å². The molecule has 3 nitrogen and oxygen atoms in total. The van der Waals surface area contributed by atoms with Crippen LogP contribution in [0.1, 0.15) is 5.56 Å². The highest BCUT2D eigenvalue weighted by atomic mass is 35.5. The van der Waals surface area contributed by atoms with Gasteiger partial charge < -0.3 is 10.6 Å². The molecule has 2 N–H and O–H groups in total. The Kier molecular flexibility index (Phi) is 4.12. The Labute approximate surface area is 116 Å². The number of hydrogen-bond acceptors (Lipinski definition) is 2. The summed E-state index contributed by atoms with van der Waals surface area (Å²) in [5.41, 5.74) is 1.99. The van der Waals surface area contributed by atoms with E-state index in [4.69, 9.17) is 23.8 Å². The molecule has 0 aliphatic rings. The molecule has 92 valence electrons. The third-order valence-corrected chi connectivity index (χ3v) is 2.71. The van der Waals surface area contributed by atoms with Crippen LogP contribution in [0.4, 0.5) is 11.5 Å². The zero-order chi connectivity index (χ0) is 13.0. The standard InChI is InChI=1S/C13H12ClN3S/c1-9-2-7-12(15-8-9)17-13(18)16-11-5-3-10(14)4-6-11/h2-8H,1H3,(H2,15,16,17,18). The number of pyridine rings is 1. The van der Waals surface area contributed by atoms with Crippen LogP contribution < -0.4 is 10.6 Å². The largest absolute Gasteiger partial charge is 0.332 e. The molecule has 2 aromatic rings. The van der Waals surface area contributed by atoms with E-state index in [-0.39, 0.29) is 0 Å². The number of aromatic nitrogens is 1. The number of aryl methyl sites for hydroxylation is 1. The molecule has 0 aliphatic carbocycles. The lowest BCUT2D eigenvalue weighted by molar-refractivity contribution is 1.27. The Morgan fingerprint density at radius 3 is 2.44 bits per heavy atom. The maximum Gasteiger partial charge on any atom is 0.176 e. The molecule has 0 saturated carbocycles. The molecular formula is C13H12ClN3S. The predicted octanol–water partition coefficient (Wildman–Crippen LogP) is 3.85. The zero-order valence-electron chi connectivity index (χ0n) is 9.77. The van der Waals surface area contributed by atoms with Crippen molar-refractivity contribution in [1.82, 2.24) is 4.98 Å². The van der Waals surface area contributed by atoms with Gasteiger partial charge in [-0.1, -0.05) is 17.7 Å². The number of nitrogens with one attached hydrogen (secondary N) is 2. The summed E-state index contributed by atoms with van der Waals surface area (Å²) in [4.78, 5) is 4.21. The van der Waals surface area contributed by atoms with Gasteiger partial charge in [0.15, 0.2) is 5.11 Å². The van der Waals surface area contributed by atoms with Gasteiger partial charge in [-0.05, 0) is 55.0 Å². The number of anilines is 2. The molecule has 0 radical (unpaired) electrons. The van der Waals surface area contributed by atoms with Crippen LogP contribution in [0.2, 0.25) is 5.02 Å². The first kappa shape index (κ1) is 12.8. The van der Waals surface area contributed by atoms with E-state index in [1.165, 1.54) is 0 Å². The quantitative estimate of drug-likeness (QED) is 0.818. The minimum Gasteiger partial charge on any atom is -0.332 e. The van der Waals surface area contributed by atoms with Gasteiger partial charge in [0.25, 0.3) is 0 Å². The molecule has 1 heterocycles. The van der Waals surface area contributed by atoms with Gasteiger partial charge >= 0.3 is 0 Å². The van der Waals surface area contributed by atoms with Crippen LogP contribution in [0.3, 0.4) is 0 Å². The van der Waals surface area contributed by atoms with Crippen molar-refractivity contribution in [2.24, 2.45) is 0 Å². The molecule has 1 aromatic carbocycles. The number of thiocarbonyl (C=S) groups is 1. The van der Waals surface area contributed by atoms with Crippen molar-refractivity contribution in [2.75, 3.05) is 10.6 Å². The first-order chi connectivity index (χ1) is 8.63. The first-order valence-corrected chi connectivity index (χ1v) is 6.18. The van der Waals surface area contributed by atoms with Gasteiger partial charge in [0, 0.05) is 16.9 Å². The van der Waals surface area contributed by atoms with Gasteiger partial charge in [-0.3, -0.25) is 0 Å². The van der Waals surface area contributed by atoms with Crippen molar-refractivity contribution >= 4 is 40.4 Å². The van der Waals surface area contributed by atoms with Gasteiger partial charge in [-0.25, -0.2) is 4.98 Å². The molecule has 0 amide bonds. The minimum atomic E-state index is 0.494. The summed E-state index contributed by atoms with van der Waals surface area (Å²) >= 11 is 11.0. The fraction of sp³-hybridized carbons (Fsp3) is 0.0769. The lowest BCUT2D eigenvalue weighted by Crippen LogP contribution is -2.19. The van der Waals surface area contributed by atoms with Crippen LogP contribution in [0, 0.1) is 6.92 Å². The van der Waals surface area contributed by atoms with Crippen molar-refractivity contribution in [2.45, 2.75) is 6.92 Å². The number of hydrogen-bond donors (Lipinski definition) is 2.